The normalized spacial score (nSPS) is 14.1. The number of pyridine rings is 2. The van der Waals surface area contributed by atoms with Crippen LogP contribution in [0.3, 0.4) is 0 Å². The van der Waals surface area contributed by atoms with Crippen LogP contribution in [0.25, 0.3) is 22.5 Å². The maximum absolute atomic E-state index is 5.25. The van der Waals surface area contributed by atoms with E-state index in [0.29, 0.717) is 0 Å². The van der Waals surface area contributed by atoms with E-state index < -0.39 is 0 Å². The van der Waals surface area contributed by atoms with Gasteiger partial charge in [-0.3, -0.25) is 9.97 Å². The Morgan fingerprint density at radius 1 is 1.16 bits per heavy atom. The Bertz CT molecular complexity index is 856. The SMILES string of the molecule is COc1cncc(-c2ccnc(-c3cnc(NCC4CCC4)[nH]3)c2)c1. The van der Waals surface area contributed by atoms with Gasteiger partial charge in [0.1, 0.15) is 5.75 Å². The third kappa shape index (κ3) is 3.47. The predicted octanol–water partition coefficient (Wildman–Crippen LogP) is 3.75. The van der Waals surface area contributed by atoms with E-state index in [1.54, 1.807) is 19.5 Å². The molecule has 2 N–H and O–H groups in total. The van der Waals surface area contributed by atoms with E-state index in [0.717, 1.165) is 46.7 Å². The zero-order valence-corrected chi connectivity index (χ0v) is 14.2. The van der Waals surface area contributed by atoms with Crippen LogP contribution in [0.4, 0.5) is 5.95 Å². The lowest BCUT2D eigenvalue weighted by molar-refractivity contribution is 0.333. The van der Waals surface area contributed by atoms with Gasteiger partial charge in [-0.15, -0.1) is 0 Å². The minimum Gasteiger partial charge on any atom is -0.495 e. The number of nitrogens with one attached hydrogen (secondary N) is 2. The molecule has 0 amide bonds. The number of anilines is 1. The molecule has 128 valence electrons. The maximum Gasteiger partial charge on any atom is 0.200 e. The number of methoxy groups -OCH3 is 1. The van der Waals surface area contributed by atoms with Gasteiger partial charge in [-0.05, 0) is 42.5 Å². The molecule has 1 fully saturated rings. The number of imidazole rings is 1. The molecule has 0 spiro atoms. The third-order valence-electron chi connectivity index (χ3n) is 4.68. The van der Waals surface area contributed by atoms with Crippen molar-refractivity contribution in [3.8, 4) is 28.3 Å². The first kappa shape index (κ1) is 15.6. The monoisotopic (exact) mass is 335 g/mol. The quantitative estimate of drug-likeness (QED) is 0.717. The van der Waals surface area contributed by atoms with Gasteiger partial charge in [-0.1, -0.05) is 6.42 Å². The summed E-state index contributed by atoms with van der Waals surface area (Å²) in [5.74, 6) is 2.33. The molecule has 1 aliphatic carbocycles. The number of aromatic nitrogens is 4. The van der Waals surface area contributed by atoms with Gasteiger partial charge >= 0.3 is 0 Å². The van der Waals surface area contributed by atoms with E-state index in [4.69, 9.17) is 4.74 Å². The maximum atomic E-state index is 5.25. The van der Waals surface area contributed by atoms with Crippen LogP contribution in [-0.4, -0.2) is 33.6 Å². The van der Waals surface area contributed by atoms with Crippen molar-refractivity contribution in [3.63, 3.8) is 0 Å². The van der Waals surface area contributed by atoms with Gasteiger partial charge in [0.05, 0.1) is 30.9 Å². The van der Waals surface area contributed by atoms with Crippen molar-refractivity contribution in [1.82, 2.24) is 19.9 Å². The van der Waals surface area contributed by atoms with Gasteiger partial charge in [0, 0.05) is 24.5 Å². The fraction of sp³-hybridized carbons (Fsp3) is 0.316. The first-order valence-corrected chi connectivity index (χ1v) is 8.56. The molecule has 6 nitrogen and oxygen atoms in total. The van der Waals surface area contributed by atoms with E-state index in [1.165, 1.54) is 19.3 Å². The molecule has 25 heavy (non-hydrogen) atoms. The van der Waals surface area contributed by atoms with E-state index in [1.807, 2.05) is 30.6 Å². The van der Waals surface area contributed by atoms with Crippen molar-refractivity contribution in [2.24, 2.45) is 5.92 Å². The van der Waals surface area contributed by atoms with Crippen molar-refractivity contribution in [1.29, 1.82) is 0 Å². The summed E-state index contributed by atoms with van der Waals surface area (Å²) in [6.07, 6.45) is 11.1. The summed E-state index contributed by atoms with van der Waals surface area (Å²) in [6.45, 7) is 0.982. The van der Waals surface area contributed by atoms with Gasteiger partial charge in [0.2, 0.25) is 5.95 Å². The molecule has 3 aromatic rings. The lowest BCUT2D eigenvalue weighted by Crippen LogP contribution is -2.21. The Hall–Kier alpha value is -2.89. The topological polar surface area (TPSA) is 75.7 Å². The highest BCUT2D eigenvalue weighted by molar-refractivity contribution is 5.69. The molecule has 1 saturated carbocycles. The molecule has 0 radical (unpaired) electrons. The molecule has 3 heterocycles. The summed E-state index contributed by atoms with van der Waals surface area (Å²) in [6, 6.07) is 5.95. The van der Waals surface area contributed by atoms with Crippen LogP contribution in [0.5, 0.6) is 5.75 Å². The summed E-state index contributed by atoms with van der Waals surface area (Å²) in [4.78, 5) is 16.4. The highest BCUT2D eigenvalue weighted by Gasteiger charge is 2.17. The van der Waals surface area contributed by atoms with Gasteiger partial charge < -0.3 is 15.0 Å². The van der Waals surface area contributed by atoms with Crippen LogP contribution >= 0.6 is 0 Å². The van der Waals surface area contributed by atoms with Crippen LogP contribution in [0, 0.1) is 5.92 Å². The fourth-order valence-corrected chi connectivity index (χ4v) is 2.92. The number of hydrogen-bond acceptors (Lipinski definition) is 5. The second kappa shape index (κ2) is 6.93. The van der Waals surface area contributed by atoms with Crippen LogP contribution in [-0.2, 0) is 0 Å². The number of nitrogens with zero attached hydrogens (tertiary/aromatic N) is 3. The lowest BCUT2D eigenvalue weighted by Gasteiger charge is -2.25. The molecule has 3 aromatic heterocycles. The van der Waals surface area contributed by atoms with Gasteiger partial charge in [-0.25, -0.2) is 4.98 Å². The van der Waals surface area contributed by atoms with E-state index >= 15 is 0 Å². The number of aromatic amines is 1. The lowest BCUT2D eigenvalue weighted by atomic mass is 9.85. The van der Waals surface area contributed by atoms with Crippen LogP contribution in [0.1, 0.15) is 19.3 Å². The minimum atomic E-state index is 0.736. The first-order valence-electron chi connectivity index (χ1n) is 8.56. The van der Waals surface area contributed by atoms with Crippen molar-refractivity contribution in [3.05, 3.63) is 43.0 Å². The molecule has 0 bridgehead atoms. The average molecular weight is 335 g/mol. The highest BCUT2D eigenvalue weighted by atomic mass is 16.5. The Kier molecular flexibility index (Phi) is 4.33. The molecule has 0 aromatic carbocycles. The molecular formula is C19H21N5O. The Labute approximate surface area is 146 Å². The Morgan fingerprint density at radius 3 is 2.88 bits per heavy atom. The van der Waals surface area contributed by atoms with Crippen LogP contribution < -0.4 is 10.1 Å². The zero-order chi connectivity index (χ0) is 17.1. The molecule has 0 aliphatic heterocycles. The molecule has 6 heteroatoms. The zero-order valence-electron chi connectivity index (χ0n) is 14.2. The first-order chi connectivity index (χ1) is 12.3. The molecular weight excluding hydrogens is 314 g/mol. The minimum absolute atomic E-state index is 0.736. The second-order valence-electron chi connectivity index (χ2n) is 6.37. The third-order valence-corrected chi connectivity index (χ3v) is 4.68. The van der Waals surface area contributed by atoms with Crippen LogP contribution in [0.15, 0.2) is 43.0 Å². The van der Waals surface area contributed by atoms with E-state index in [9.17, 15) is 0 Å². The molecule has 0 saturated heterocycles. The second-order valence-corrected chi connectivity index (χ2v) is 6.37. The fourth-order valence-electron chi connectivity index (χ4n) is 2.92. The predicted molar refractivity (Wildman–Crippen MR) is 97.4 cm³/mol. The molecule has 0 unspecified atom stereocenters. The van der Waals surface area contributed by atoms with Gasteiger partial charge in [-0.2, -0.15) is 0 Å². The summed E-state index contributed by atoms with van der Waals surface area (Å²) in [7, 11) is 1.64. The summed E-state index contributed by atoms with van der Waals surface area (Å²) >= 11 is 0. The number of rotatable bonds is 6. The van der Waals surface area contributed by atoms with E-state index in [-0.39, 0.29) is 0 Å². The largest absolute Gasteiger partial charge is 0.495 e. The molecule has 4 rings (SSSR count). The molecule has 0 atom stereocenters. The smallest absolute Gasteiger partial charge is 0.200 e. The van der Waals surface area contributed by atoms with Gasteiger partial charge in [0.15, 0.2) is 0 Å². The van der Waals surface area contributed by atoms with Gasteiger partial charge in [0.25, 0.3) is 0 Å². The van der Waals surface area contributed by atoms with Crippen molar-refractivity contribution in [2.45, 2.75) is 19.3 Å². The van der Waals surface area contributed by atoms with Crippen molar-refractivity contribution < 1.29 is 4.74 Å². The van der Waals surface area contributed by atoms with Crippen LogP contribution in [0.2, 0.25) is 0 Å². The summed E-state index contributed by atoms with van der Waals surface area (Å²) in [5.41, 5.74) is 3.78. The molecule has 1 aliphatic rings. The number of ether oxygens (including phenoxy) is 1. The summed E-state index contributed by atoms with van der Waals surface area (Å²) < 4.78 is 5.25. The van der Waals surface area contributed by atoms with E-state index in [2.05, 4.69) is 25.3 Å². The standard InChI is InChI=1S/C19H21N5O/c1-25-16-7-15(10-20-11-16)14-5-6-21-17(8-14)18-12-23-19(24-18)22-9-13-3-2-4-13/h5-8,10-13H,2-4,9H2,1H3,(H2,22,23,24). The van der Waals surface area contributed by atoms with Crippen molar-refractivity contribution in [2.75, 3.05) is 19.0 Å². The average Bonchev–Trinajstić information content (AvgIpc) is 3.10. The van der Waals surface area contributed by atoms with Crippen molar-refractivity contribution >= 4 is 5.95 Å². The highest BCUT2D eigenvalue weighted by Crippen LogP contribution is 2.27. The Balaban J connectivity index is 1.53. The summed E-state index contributed by atoms with van der Waals surface area (Å²) in [5, 5.41) is 3.38. The number of hydrogen-bond donors (Lipinski definition) is 2. The number of H-pyrrole nitrogens is 1. The Morgan fingerprint density at radius 2 is 2.08 bits per heavy atom.